The van der Waals surface area contributed by atoms with Gasteiger partial charge in [0, 0.05) is 24.5 Å². The average molecular weight is 248 g/mol. The van der Waals surface area contributed by atoms with Gasteiger partial charge in [-0.1, -0.05) is 26.2 Å². The molecule has 0 unspecified atom stereocenters. The molecule has 104 valence electrons. The number of aliphatic hydroxyl groups excluding tert-OH is 4. The standard InChI is InChI=1S/C8H16O2.C5H12O2/c9-6-8(7-10)4-2-1-3-5-8;1-2-5(3-6)4-7/h9-10H,1-7H2;5-7H,2-4H2,1H3. The fourth-order valence-electron chi connectivity index (χ4n) is 1.98. The molecule has 0 atom stereocenters. The van der Waals surface area contributed by atoms with Crippen LogP contribution in [0.25, 0.3) is 0 Å². The van der Waals surface area contributed by atoms with Gasteiger partial charge in [0.2, 0.25) is 0 Å². The maximum absolute atomic E-state index is 8.98. The van der Waals surface area contributed by atoms with Crippen molar-refractivity contribution < 1.29 is 20.4 Å². The van der Waals surface area contributed by atoms with E-state index in [0.29, 0.717) is 0 Å². The van der Waals surface area contributed by atoms with E-state index in [0.717, 1.165) is 19.3 Å². The van der Waals surface area contributed by atoms with Crippen LogP contribution >= 0.6 is 0 Å². The second kappa shape index (κ2) is 9.83. The van der Waals surface area contributed by atoms with Crippen molar-refractivity contribution in [1.82, 2.24) is 0 Å². The van der Waals surface area contributed by atoms with Crippen molar-refractivity contribution in [3.63, 3.8) is 0 Å². The third kappa shape index (κ3) is 6.36. The fourth-order valence-corrected chi connectivity index (χ4v) is 1.98. The van der Waals surface area contributed by atoms with E-state index in [2.05, 4.69) is 0 Å². The van der Waals surface area contributed by atoms with Crippen molar-refractivity contribution in [2.24, 2.45) is 11.3 Å². The van der Waals surface area contributed by atoms with E-state index < -0.39 is 0 Å². The van der Waals surface area contributed by atoms with Gasteiger partial charge < -0.3 is 20.4 Å². The molecule has 0 spiro atoms. The molecule has 1 rings (SSSR count). The molecule has 4 heteroatoms. The molecule has 1 saturated carbocycles. The molecule has 0 aliphatic heterocycles. The van der Waals surface area contributed by atoms with Crippen LogP contribution in [0.15, 0.2) is 0 Å². The number of aliphatic hydroxyl groups is 4. The van der Waals surface area contributed by atoms with E-state index >= 15 is 0 Å². The van der Waals surface area contributed by atoms with E-state index in [1.807, 2.05) is 6.92 Å². The summed E-state index contributed by atoms with van der Waals surface area (Å²) in [5.74, 6) is 0.0972. The summed E-state index contributed by atoms with van der Waals surface area (Å²) in [6.07, 6.45) is 6.46. The summed E-state index contributed by atoms with van der Waals surface area (Å²) in [5, 5.41) is 34.7. The van der Waals surface area contributed by atoms with E-state index in [1.165, 1.54) is 19.3 Å². The normalized spacial score (nSPS) is 18.7. The van der Waals surface area contributed by atoms with Gasteiger partial charge in [-0.3, -0.25) is 0 Å². The second-order valence-corrected chi connectivity index (χ2v) is 5.02. The van der Waals surface area contributed by atoms with Crippen LogP contribution in [-0.2, 0) is 0 Å². The molecule has 0 radical (unpaired) electrons. The van der Waals surface area contributed by atoms with Crippen LogP contribution in [0.3, 0.4) is 0 Å². The lowest BCUT2D eigenvalue weighted by molar-refractivity contribution is 0.0234. The summed E-state index contributed by atoms with van der Waals surface area (Å²) in [4.78, 5) is 0. The van der Waals surface area contributed by atoms with Crippen molar-refractivity contribution in [2.75, 3.05) is 26.4 Å². The SMILES string of the molecule is CCC(CO)CO.OCC1(CO)CCCCC1. The van der Waals surface area contributed by atoms with E-state index in [-0.39, 0.29) is 37.8 Å². The van der Waals surface area contributed by atoms with Gasteiger partial charge >= 0.3 is 0 Å². The molecule has 4 N–H and O–H groups in total. The summed E-state index contributed by atoms with van der Waals surface area (Å²) in [6, 6.07) is 0. The topological polar surface area (TPSA) is 80.9 Å². The highest BCUT2D eigenvalue weighted by atomic mass is 16.3. The minimum absolute atomic E-state index is 0.0972. The van der Waals surface area contributed by atoms with E-state index in [1.54, 1.807) is 0 Å². The Morgan fingerprint density at radius 1 is 0.882 bits per heavy atom. The first kappa shape index (κ1) is 16.8. The van der Waals surface area contributed by atoms with Gasteiger partial charge in [-0.2, -0.15) is 0 Å². The van der Waals surface area contributed by atoms with Crippen LogP contribution in [0, 0.1) is 11.3 Å². The zero-order valence-corrected chi connectivity index (χ0v) is 10.9. The first-order chi connectivity index (χ1) is 8.17. The summed E-state index contributed by atoms with van der Waals surface area (Å²) in [5.41, 5.74) is -0.127. The van der Waals surface area contributed by atoms with Crippen molar-refractivity contribution >= 4 is 0 Å². The first-order valence-electron chi connectivity index (χ1n) is 6.61. The van der Waals surface area contributed by atoms with Crippen molar-refractivity contribution in [3.8, 4) is 0 Å². The lowest BCUT2D eigenvalue weighted by Crippen LogP contribution is -2.31. The van der Waals surface area contributed by atoms with E-state index in [4.69, 9.17) is 20.4 Å². The molecule has 0 aromatic rings. The highest BCUT2D eigenvalue weighted by molar-refractivity contribution is 4.80. The molecule has 4 nitrogen and oxygen atoms in total. The zero-order chi connectivity index (χ0) is 13.1. The third-order valence-corrected chi connectivity index (χ3v) is 3.68. The number of hydrogen-bond donors (Lipinski definition) is 4. The molecular weight excluding hydrogens is 220 g/mol. The Morgan fingerprint density at radius 2 is 1.35 bits per heavy atom. The molecule has 0 heterocycles. The van der Waals surface area contributed by atoms with Gasteiger partial charge in [0.25, 0.3) is 0 Å². The predicted molar refractivity (Wildman–Crippen MR) is 67.6 cm³/mol. The molecule has 0 bridgehead atoms. The second-order valence-electron chi connectivity index (χ2n) is 5.02. The van der Waals surface area contributed by atoms with E-state index in [9.17, 15) is 0 Å². The van der Waals surface area contributed by atoms with Crippen LogP contribution in [-0.4, -0.2) is 46.9 Å². The van der Waals surface area contributed by atoms with Gasteiger partial charge in [0.1, 0.15) is 0 Å². The quantitative estimate of drug-likeness (QED) is 0.583. The van der Waals surface area contributed by atoms with Crippen molar-refractivity contribution in [3.05, 3.63) is 0 Å². The van der Waals surface area contributed by atoms with Gasteiger partial charge in [-0.05, 0) is 19.3 Å². The minimum atomic E-state index is -0.127. The van der Waals surface area contributed by atoms with Gasteiger partial charge in [-0.15, -0.1) is 0 Å². The Balaban J connectivity index is 0.000000325. The van der Waals surface area contributed by atoms with Gasteiger partial charge in [-0.25, -0.2) is 0 Å². The predicted octanol–water partition coefficient (Wildman–Crippen LogP) is 0.919. The Labute approximate surface area is 104 Å². The molecule has 17 heavy (non-hydrogen) atoms. The molecular formula is C13H28O4. The Kier molecular flexibility index (Phi) is 9.74. The Hall–Kier alpha value is -0.160. The van der Waals surface area contributed by atoms with Crippen LogP contribution < -0.4 is 0 Å². The lowest BCUT2D eigenvalue weighted by atomic mass is 9.75. The monoisotopic (exact) mass is 248 g/mol. The van der Waals surface area contributed by atoms with Crippen molar-refractivity contribution in [2.45, 2.75) is 45.4 Å². The number of rotatable bonds is 5. The van der Waals surface area contributed by atoms with Crippen molar-refractivity contribution in [1.29, 1.82) is 0 Å². The molecule has 1 fully saturated rings. The summed E-state index contributed by atoms with van der Waals surface area (Å²) in [7, 11) is 0. The summed E-state index contributed by atoms with van der Waals surface area (Å²) >= 11 is 0. The minimum Gasteiger partial charge on any atom is -0.396 e. The first-order valence-corrected chi connectivity index (χ1v) is 6.61. The van der Waals surface area contributed by atoms with Gasteiger partial charge in [0.05, 0.1) is 13.2 Å². The zero-order valence-electron chi connectivity index (χ0n) is 10.9. The lowest BCUT2D eigenvalue weighted by Gasteiger charge is -2.33. The Morgan fingerprint density at radius 3 is 1.53 bits per heavy atom. The smallest absolute Gasteiger partial charge is 0.0509 e. The highest BCUT2D eigenvalue weighted by Gasteiger charge is 2.30. The summed E-state index contributed by atoms with van der Waals surface area (Å²) in [6.45, 7) is 2.46. The van der Waals surface area contributed by atoms with Crippen LogP contribution in [0.2, 0.25) is 0 Å². The maximum Gasteiger partial charge on any atom is 0.0509 e. The van der Waals surface area contributed by atoms with Gasteiger partial charge in [0.15, 0.2) is 0 Å². The largest absolute Gasteiger partial charge is 0.396 e. The van der Waals surface area contributed by atoms with Crippen LogP contribution in [0.4, 0.5) is 0 Å². The molecule has 1 aliphatic carbocycles. The highest BCUT2D eigenvalue weighted by Crippen LogP contribution is 2.34. The molecule has 0 amide bonds. The fraction of sp³-hybridized carbons (Fsp3) is 1.00. The summed E-state index contributed by atoms with van der Waals surface area (Å²) < 4.78 is 0. The van der Waals surface area contributed by atoms with Crippen LogP contribution in [0.1, 0.15) is 45.4 Å². The third-order valence-electron chi connectivity index (χ3n) is 3.68. The Bertz CT molecular complexity index is 151. The maximum atomic E-state index is 8.98. The molecule has 1 aliphatic rings. The molecule has 0 aromatic heterocycles. The average Bonchev–Trinajstić information content (AvgIpc) is 2.42. The molecule has 0 aromatic carbocycles. The molecule has 0 saturated heterocycles. The number of hydrogen-bond acceptors (Lipinski definition) is 4. The van der Waals surface area contributed by atoms with Crippen LogP contribution in [0.5, 0.6) is 0 Å².